The molecular weight excluding hydrogens is 755 g/mol. The smallest absolute Gasteiger partial charge is 0.462 e. The highest BCUT2D eigenvalue weighted by Crippen LogP contribution is 2.47. The maximum atomic E-state index is 12.8. The fourth-order valence-electron chi connectivity index (χ4n) is 5.65. The molecule has 326 valence electrons. The third-order valence-electron chi connectivity index (χ3n) is 9.03. The van der Waals surface area contributed by atoms with Gasteiger partial charge in [0.15, 0.2) is 6.10 Å². The molecule has 1 fully saturated rings. The summed E-state index contributed by atoms with van der Waals surface area (Å²) in [7, 11) is -5.13. The van der Waals surface area contributed by atoms with Crippen LogP contribution in [-0.4, -0.2) is 98.3 Å². The minimum atomic E-state index is -5.13. The van der Waals surface area contributed by atoms with E-state index >= 15 is 0 Å². The van der Waals surface area contributed by atoms with Gasteiger partial charge in [0, 0.05) is 12.8 Å². The van der Waals surface area contributed by atoms with Crippen LogP contribution in [0.2, 0.25) is 0 Å². The second kappa shape index (κ2) is 33.2. The molecule has 0 aromatic carbocycles. The molecule has 57 heavy (non-hydrogen) atoms. The number of carbonyl (C=O) groups excluding carboxylic acids is 2. The average molecular weight is 827 g/mol. The molecule has 0 saturated heterocycles. The van der Waals surface area contributed by atoms with Crippen LogP contribution in [-0.2, 0) is 32.7 Å². The van der Waals surface area contributed by atoms with E-state index in [0.29, 0.717) is 19.3 Å². The van der Waals surface area contributed by atoms with Gasteiger partial charge < -0.3 is 39.9 Å². The molecule has 0 spiro atoms. The first kappa shape index (κ1) is 52.3. The molecule has 0 aromatic heterocycles. The second-order valence-corrected chi connectivity index (χ2v) is 15.5. The molecule has 0 bridgehead atoms. The van der Waals surface area contributed by atoms with Crippen molar-refractivity contribution in [3.05, 3.63) is 72.9 Å². The van der Waals surface area contributed by atoms with Crippen molar-refractivity contribution in [2.45, 2.75) is 172 Å². The van der Waals surface area contributed by atoms with Crippen LogP contribution in [0.5, 0.6) is 0 Å². The molecule has 0 radical (unpaired) electrons. The van der Waals surface area contributed by atoms with Crippen molar-refractivity contribution in [3.63, 3.8) is 0 Å². The highest BCUT2D eigenvalue weighted by Gasteiger charge is 2.51. The SMILES string of the molecule is CC/C=C/C/C=C/C/C=C/C/C=C/C/C=C/CCCC(=O)O[C@H](COC(=O)CCCCCCC/C=C/CCCC)COP(=O)(O)OC1C(O)C(O)C(O)[C@@H](O)C1O. The Balaban J connectivity index is 2.57. The number of allylic oxidation sites excluding steroid dienone is 12. The van der Waals surface area contributed by atoms with Gasteiger partial charge in [0.2, 0.25) is 0 Å². The normalized spacial score (nSPS) is 23.4. The van der Waals surface area contributed by atoms with Crippen LogP contribution in [0.25, 0.3) is 0 Å². The minimum absolute atomic E-state index is 0.0130. The van der Waals surface area contributed by atoms with Crippen LogP contribution >= 0.6 is 7.82 Å². The monoisotopic (exact) mass is 826 g/mol. The van der Waals surface area contributed by atoms with Gasteiger partial charge in [0.1, 0.15) is 43.2 Å². The minimum Gasteiger partial charge on any atom is -0.462 e. The number of hydrogen-bond donors (Lipinski definition) is 6. The van der Waals surface area contributed by atoms with E-state index in [0.717, 1.165) is 70.6 Å². The summed E-state index contributed by atoms with van der Waals surface area (Å²) < 4.78 is 33.3. The fraction of sp³-hybridized carbons (Fsp3) is 0.674. The zero-order chi connectivity index (χ0) is 42.2. The Hall–Kier alpha value is -2.71. The molecular formula is C43H71O13P. The van der Waals surface area contributed by atoms with E-state index in [-0.39, 0.29) is 12.8 Å². The van der Waals surface area contributed by atoms with Crippen LogP contribution in [0, 0.1) is 0 Å². The van der Waals surface area contributed by atoms with Gasteiger partial charge in [-0.25, -0.2) is 4.57 Å². The molecule has 6 N–H and O–H groups in total. The summed E-state index contributed by atoms with van der Waals surface area (Å²) in [6.45, 7) is 3.05. The number of phosphoric acid groups is 1. The van der Waals surface area contributed by atoms with Gasteiger partial charge in [-0.1, -0.05) is 119 Å². The van der Waals surface area contributed by atoms with Crippen LogP contribution in [0.15, 0.2) is 72.9 Å². The number of unbranched alkanes of at least 4 members (excludes halogenated alkanes) is 8. The van der Waals surface area contributed by atoms with Crippen molar-refractivity contribution in [2.24, 2.45) is 0 Å². The van der Waals surface area contributed by atoms with E-state index in [1.54, 1.807) is 0 Å². The highest BCUT2D eigenvalue weighted by molar-refractivity contribution is 7.47. The second-order valence-electron chi connectivity index (χ2n) is 14.1. The Labute approximate surface area is 340 Å². The summed E-state index contributed by atoms with van der Waals surface area (Å²) >= 11 is 0. The number of rotatable bonds is 32. The van der Waals surface area contributed by atoms with Crippen molar-refractivity contribution < 1.29 is 63.1 Å². The molecule has 0 amide bonds. The van der Waals surface area contributed by atoms with Crippen molar-refractivity contribution in [3.8, 4) is 0 Å². The van der Waals surface area contributed by atoms with E-state index in [4.69, 9.17) is 18.5 Å². The Bertz CT molecular complexity index is 1280. The highest BCUT2D eigenvalue weighted by atomic mass is 31.2. The van der Waals surface area contributed by atoms with E-state index in [9.17, 15) is 44.6 Å². The summed E-state index contributed by atoms with van der Waals surface area (Å²) in [5, 5.41) is 50.0. The number of esters is 2. The predicted octanol–water partition coefficient (Wildman–Crippen LogP) is 7.16. The molecule has 0 aromatic rings. The number of aliphatic hydroxyl groups excluding tert-OH is 5. The molecule has 0 heterocycles. The van der Waals surface area contributed by atoms with Crippen molar-refractivity contribution in [1.29, 1.82) is 0 Å². The number of hydrogen-bond acceptors (Lipinski definition) is 12. The molecule has 13 nitrogen and oxygen atoms in total. The average Bonchev–Trinajstić information content (AvgIpc) is 3.19. The Morgan fingerprint density at radius 3 is 1.60 bits per heavy atom. The van der Waals surface area contributed by atoms with Crippen LogP contribution < -0.4 is 0 Å². The summed E-state index contributed by atoms with van der Waals surface area (Å²) in [6, 6.07) is 0. The van der Waals surface area contributed by atoms with Gasteiger partial charge in [0.05, 0.1) is 6.61 Å². The van der Waals surface area contributed by atoms with Gasteiger partial charge in [-0.15, -0.1) is 0 Å². The fourth-order valence-corrected chi connectivity index (χ4v) is 6.63. The summed E-state index contributed by atoms with van der Waals surface area (Å²) in [5.41, 5.74) is 0. The lowest BCUT2D eigenvalue weighted by Crippen LogP contribution is -2.64. The number of aliphatic hydroxyl groups is 5. The van der Waals surface area contributed by atoms with Crippen LogP contribution in [0.1, 0.15) is 129 Å². The van der Waals surface area contributed by atoms with Gasteiger partial charge >= 0.3 is 19.8 Å². The van der Waals surface area contributed by atoms with Crippen LogP contribution in [0.3, 0.4) is 0 Å². The summed E-state index contributed by atoms with van der Waals surface area (Å²) in [4.78, 5) is 35.5. The van der Waals surface area contributed by atoms with E-state index < -0.39 is 75.7 Å². The zero-order valence-corrected chi connectivity index (χ0v) is 35.0. The van der Waals surface area contributed by atoms with Gasteiger partial charge in [-0.3, -0.25) is 18.6 Å². The predicted molar refractivity (Wildman–Crippen MR) is 221 cm³/mol. The first-order chi connectivity index (χ1) is 27.4. The Kier molecular flexibility index (Phi) is 30.4. The number of phosphoric ester groups is 1. The molecule has 1 aliphatic carbocycles. The lowest BCUT2D eigenvalue weighted by Gasteiger charge is -2.41. The standard InChI is InChI=1S/C43H71O13P/c1-3-5-7-9-11-13-15-16-17-18-19-20-22-24-26-28-30-32-37(45)55-35(33-53-36(44)31-29-27-25-23-21-14-12-10-8-6-4-2)34-54-57(51,52)56-43-41(49)39(47)38(46)40(48)42(43)50/h5,7,10-13,16-17,19-20,24,26,35,38-43,46-50H,3-4,6,8-9,14-15,18,21-23,25,27-34H2,1-2H3,(H,51,52)/b7-5+,12-10+,13-11+,17-16+,20-19+,26-24+/t35-,38?,39-,40?,41?,42?,43?/m1/s1. The molecule has 1 saturated carbocycles. The van der Waals surface area contributed by atoms with E-state index in [1.165, 1.54) is 12.8 Å². The van der Waals surface area contributed by atoms with Crippen molar-refractivity contribution in [2.75, 3.05) is 13.2 Å². The maximum absolute atomic E-state index is 12.8. The van der Waals surface area contributed by atoms with Gasteiger partial charge in [-0.2, -0.15) is 0 Å². The van der Waals surface area contributed by atoms with Crippen molar-refractivity contribution in [1.82, 2.24) is 0 Å². The summed E-state index contributed by atoms with van der Waals surface area (Å²) in [5.74, 6) is -1.19. The third-order valence-corrected chi connectivity index (χ3v) is 10.0. The quantitative estimate of drug-likeness (QED) is 0.0172. The molecule has 0 aliphatic heterocycles. The lowest BCUT2D eigenvalue weighted by atomic mass is 9.85. The Morgan fingerprint density at radius 2 is 1.02 bits per heavy atom. The topological polar surface area (TPSA) is 210 Å². The third kappa shape index (κ3) is 26.1. The molecule has 8 atom stereocenters. The first-order valence-corrected chi connectivity index (χ1v) is 22.2. The largest absolute Gasteiger partial charge is 0.472 e. The molecule has 1 aliphatic rings. The number of ether oxygens (including phenoxy) is 2. The number of carbonyl (C=O) groups is 2. The molecule has 14 heteroatoms. The maximum Gasteiger partial charge on any atom is 0.472 e. The van der Waals surface area contributed by atoms with Gasteiger partial charge in [0.25, 0.3) is 0 Å². The van der Waals surface area contributed by atoms with Crippen molar-refractivity contribution >= 4 is 19.8 Å². The first-order valence-electron chi connectivity index (χ1n) is 20.7. The Morgan fingerprint density at radius 1 is 0.561 bits per heavy atom. The van der Waals surface area contributed by atoms with Crippen LogP contribution in [0.4, 0.5) is 0 Å². The lowest BCUT2D eigenvalue weighted by molar-refractivity contribution is -0.220. The van der Waals surface area contributed by atoms with E-state index in [2.05, 4.69) is 74.6 Å². The van der Waals surface area contributed by atoms with Gasteiger partial charge in [-0.05, 0) is 70.6 Å². The van der Waals surface area contributed by atoms with E-state index in [1.807, 2.05) is 12.2 Å². The molecule has 6 unspecified atom stereocenters. The zero-order valence-electron chi connectivity index (χ0n) is 34.1. The molecule has 1 rings (SSSR count). The summed E-state index contributed by atoms with van der Waals surface area (Å²) in [6.07, 6.45) is 26.9.